The van der Waals surface area contributed by atoms with Crippen LogP contribution in [0.3, 0.4) is 0 Å². The zero-order valence-corrected chi connectivity index (χ0v) is 17.4. The lowest BCUT2D eigenvalue weighted by Crippen LogP contribution is -2.29. The minimum Gasteiger partial charge on any atom is -0.405 e. The summed E-state index contributed by atoms with van der Waals surface area (Å²) in [6.07, 6.45) is -1.80. The number of hydrogen-bond acceptors (Lipinski definition) is 6. The van der Waals surface area contributed by atoms with Crippen LogP contribution in [0.2, 0.25) is 0 Å². The number of hydrogen-bond donors (Lipinski definition) is 3. The highest BCUT2D eigenvalue weighted by atomic mass is 19.4. The number of alkyl halides is 3. The summed E-state index contributed by atoms with van der Waals surface area (Å²) >= 11 is 0. The predicted octanol–water partition coefficient (Wildman–Crippen LogP) is 2.86. The summed E-state index contributed by atoms with van der Waals surface area (Å²) in [6, 6.07) is 8.52. The second-order valence-electron chi connectivity index (χ2n) is 6.91. The first kappa shape index (κ1) is 23.7. The minimum absolute atomic E-state index is 0.0741. The average Bonchev–Trinajstić information content (AvgIpc) is 2.79. The van der Waals surface area contributed by atoms with E-state index >= 15 is 0 Å². The van der Waals surface area contributed by atoms with Gasteiger partial charge >= 0.3 is 6.18 Å². The molecule has 3 aromatic rings. The van der Waals surface area contributed by atoms with Gasteiger partial charge in [0.25, 0.3) is 11.5 Å². The molecule has 0 radical (unpaired) electrons. The molecule has 3 rings (SSSR count). The van der Waals surface area contributed by atoms with Crippen molar-refractivity contribution in [2.45, 2.75) is 19.6 Å². The van der Waals surface area contributed by atoms with Crippen molar-refractivity contribution >= 4 is 22.5 Å². The number of nitrogens with one attached hydrogen (secondary N) is 1. The summed E-state index contributed by atoms with van der Waals surface area (Å²) in [7, 11) is 0. The molecule has 0 unspecified atom stereocenters. The second-order valence-corrected chi connectivity index (χ2v) is 6.91. The number of carbonyl (C=O) groups excluding carboxylic acids is 1. The molecule has 2 aromatic carbocycles. The summed E-state index contributed by atoms with van der Waals surface area (Å²) in [5, 5.41) is 9.05. The van der Waals surface area contributed by atoms with Crippen molar-refractivity contribution in [2.24, 2.45) is 10.7 Å². The maximum Gasteiger partial charge on any atom is 0.416 e. The largest absolute Gasteiger partial charge is 0.416 e. The van der Waals surface area contributed by atoms with Crippen LogP contribution in [0.5, 0.6) is 0 Å². The number of hydroxylamine groups is 1. The van der Waals surface area contributed by atoms with Gasteiger partial charge in [0.15, 0.2) is 5.82 Å². The van der Waals surface area contributed by atoms with Crippen molar-refractivity contribution in [1.82, 2.24) is 15.0 Å². The lowest BCUT2D eigenvalue weighted by atomic mass is 10.1. The van der Waals surface area contributed by atoms with Gasteiger partial charge in [0.1, 0.15) is 5.71 Å². The highest BCUT2D eigenvalue weighted by Gasteiger charge is 2.30. The number of amides is 1. The number of rotatable bonds is 6. The van der Waals surface area contributed by atoms with Crippen molar-refractivity contribution < 1.29 is 23.2 Å². The van der Waals surface area contributed by atoms with E-state index in [1.54, 1.807) is 6.92 Å². The third-order valence-electron chi connectivity index (χ3n) is 4.75. The van der Waals surface area contributed by atoms with Crippen LogP contribution >= 0.6 is 0 Å². The van der Waals surface area contributed by atoms with Crippen molar-refractivity contribution in [3.05, 3.63) is 87.6 Å². The molecule has 0 aliphatic carbocycles. The Hall–Kier alpha value is -3.99. The smallest absolute Gasteiger partial charge is 0.405 e. The van der Waals surface area contributed by atoms with Gasteiger partial charge in [-0.15, -0.1) is 0 Å². The number of benzene rings is 2. The summed E-state index contributed by atoms with van der Waals surface area (Å²) in [6.45, 7) is 2.05. The van der Waals surface area contributed by atoms with Crippen molar-refractivity contribution in [1.29, 1.82) is 0 Å². The van der Waals surface area contributed by atoms with Gasteiger partial charge in [-0.05, 0) is 55.1 Å². The zero-order valence-electron chi connectivity index (χ0n) is 17.4. The van der Waals surface area contributed by atoms with Crippen LogP contribution in [-0.4, -0.2) is 32.9 Å². The van der Waals surface area contributed by atoms with E-state index in [0.717, 1.165) is 12.1 Å². The third kappa shape index (κ3) is 5.09. The fraction of sp³-hybridized carbons (Fsp3) is 0.182. The molecule has 0 fully saturated rings. The van der Waals surface area contributed by atoms with Crippen LogP contribution in [0.15, 0.2) is 64.5 Å². The van der Waals surface area contributed by atoms with E-state index < -0.39 is 23.2 Å². The molecule has 0 bridgehead atoms. The highest BCUT2D eigenvalue weighted by Crippen LogP contribution is 2.29. The minimum atomic E-state index is -4.48. The molecule has 8 nitrogen and oxygen atoms in total. The normalized spacial score (nSPS) is 12.5. The van der Waals surface area contributed by atoms with Crippen molar-refractivity contribution in [3.8, 4) is 0 Å². The molecule has 0 saturated heterocycles. The van der Waals surface area contributed by atoms with E-state index in [0.29, 0.717) is 12.1 Å². The molecule has 0 aliphatic rings. The Labute approximate surface area is 185 Å². The maximum absolute atomic E-state index is 13.3. The van der Waals surface area contributed by atoms with Crippen LogP contribution in [-0.2, 0) is 12.7 Å². The summed E-state index contributed by atoms with van der Waals surface area (Å²) in [4.78, 5) is 33.9. The van der Waals surface area contributed by atoms with Crippen LogP contribution in [0.1, 0.15) is 34.2 Å². The van der Waals surface area contributed by atoms with E-state index in [-0.39, 0.29) is 34.5 Å². The molecule has 4 N–H and O–H groups in total. The molecular weight excluding hydrogens is 439 g/mol. The number of carbonyl (C=O) groups is 1. The Morgan fingerprint density at radius 2 is 1.94 bits per heavy atom. The first-order chi connectivity index (χ1) is 15.7. The molecule has 1 heterocycles. The van der Waals surface area contributed by atoms with Gasteiger partial charge < -0.3 is 5.73 Å². The second kappa shape index (κ2) is 9.65. The van der Waals surface area contributed by atoms with Crippen molar-refractivity contribution in [2.75, 3.05) is 6.54 Å². The van der Waals surface area contributed by atoms with E-state index in [1.807, 2.05) is 0 Å². The molecule has 172 valence electrons. The predicted molar refractivity (Wildman–Crippen MR) is 116 cm³/mol. The SMILES string of the molecule is CCN=C(C=CN)c1nc2cc(C(=O)NO)ccc2c(=O)n1Cc1ccc(C(F)(F)F)cc1. The molecule has 0 atom stereocenters. The van der Waals surface area contributed by atoms with Gasteiger partial charge in [-0.3, -0.25) is 24.4 Å². The number of allylic oxidation sites excluding steroid dienone is 1. The van der Waals surface area contributed by atoms with Gasteiger partial charge in [-0.1, -0.05) is 12.1 Å². The van der Waals surface area contributed by atoms with E-state index in [4.69, 9.17) is 10.9 Å². The molecular formula is C22H20F3N5O3. The van der Waals surface area contributed by atoms with Gasteiger partial charge in [-0.25, -0.2) is 10.5 Å². The summed E-state index contributed by atoms with van der Waals surface area (Å²) < 4.78 is 40.0. The van der Waals surface area contributed by atoms with E-state index in [2.05, 4.69) is 9.98 Å². The third-order valence-corrected chi connectivity index (χ3v) is 4.75. The molecule has 1 aromatic heterocycles. The molecule has 11 heteroatoms. The lowest BCUT2D eigenvalue weighted by molar-refractivity contribution is -0.137. The molecule has 0 saturated carbocycles. The summed E-state index contributed by atoms with van der Waals surface area (Å²) in [5.41, 5.74) is 6.73. The number of aliphatic imine (C=N–C) groups is 1. The number of fused-ring (bicyclic) bond motifs is 1. The van der Waals surface area contributed by atoms with E-state index in [9.17, 15) is 22.8 Å². The maximum atomic E-state index is 13.3. The first-order valence-corrected chi connectivity index (χ1v) is 9.77. The first-order valence-electron chi connectivity index (χ1n) is 9.77. The van der Waals surface area contributed by atoms with Crippen LogP contribution in [0.25, 0.3) is 10.9 Å². The van der Waals surface area contributed by atoms with Crippen molar-refractivity contribution in [3.63, 3.8) is 0 Å². The average molecular weight is 459 g/mol. The molecule has 0 aliphatic heterocycles. The topological polar surface area (TPSA) is 123 Å². The Kier molecular flexibility index (Phi) is 6.92. The Bertz CT molecular complexity index is 1300. The van der Waals surface area contributed by atoms with Crippen LogP contribution < -0.4 is 16.8 Å². The Morgan fingerprint density at radius 1 is 1.24 bits per heavy atom. The number of halogens is 3. The number of nitrogens with two attached hydrogens (primary N) is 1. The summed E-state index contributed by atoms with van der Waals surface area (Å²) in [5.74, 6) is -0.656. The van der Waals surface area contributed by atoms with Gasteiger partial charge in [0.2, 0.25) is 0 Å². The number of aromatic nitrogens is 2. The highest BCUT2D eigenvalue weighted by molar-refractivity contribution is 6.07. The Balaban J connectivity index is 2.22. The molecule has 0 spiro atoms. The monoisotopic (exact) mass is 459 g/mol. The van der Waals surface area contributed by atoms with Crippen LogP contribution in [0, 0.1) is 0 Å². The van der Waals surface area contributed by atoms with Gasteiger partial charge in [0, 0.05) is 12.1 Å². The zero-order chi connectivity index (χ0) is 24.2. The van der Waals surface area contributed by atoms with Crippen LogP contribution in [0.4, 0.5) is 13.2 Å². The quantitative estimate of drug-likeness (QED) is 0.297. The van der Waals surface area contributed by atoms with Gasteiger partial charge in [0.05, 0.1) is 23.0 Å². The van der Waals surface area contributed by atoms with Gasteiger partial charge in [-0.2, -0.15) is 13.2 Å². The lowest BCUT2D eigenvalue weighted by Gasteiger charge is -2.15. The molecule has 33 heavy (non-hydrogen) atoms. The fourth-order valence-electron chi connectivity index (χ4n) is 3.21. The Morgan fingerprint density at radius 3 is 2.52 bits per heavy atom. The fourth-order valence-corrected chi connectivity index (χ4v) is 3.21. The molecule has 1 amide bonds. The standard InChI is InChI=1S/C22H20F3N5O3/c1-2-27-17(9-10-26)19-28-18-11-14(20(31)29-33)5-8-16(18)21(32)30(19)12-13-3-6-15(7-4-13)22(23,24)25/h3-11,33H,2,12,26H2,1H3,(H,29,31). The number of nitrogens with zero attached hydrogens (tertiary/aromatic N) is 3. The van der Waals surface area contributed by atoms with E-state index in [1.165, 1.54) is 52.7 Å².